The highest BCUT2D eigenvalue weighted by atomic mass is 15.0. The molecule has 0 radical (unpaired) electrons. The van der Waals surface area contributed by atoms with E-state index in [9.17, 15) is 0 Å². The molecule has 4 heteroatoms. The van der Waals surface area contributed by atoms with Gasteiger partial charge in [0.2, 0.25) is 0 Å². The van der Waals surface area contributed by atoms with Crippen molar-refractivity contribution >= 4 is 0 Å². The van der Waals surface area contributed by atoms with E-state index in [1.807, 2.05) is 48.8 Å². The number of nitrogens with zero attached hydrogens (tertiary/aromatic N) is 4. The minimum absolute atomic E-state index is 0.0182. The largest absolute Gasteiger partial charge is 0.272 e. The van der Waals surface area contributed by atoms with Crippen molar-refractivity contribution in [3.8, 4) is 11.4 Å². The van der Waals surface area contributed by atoms with Crippen molar-refractivity contribution in [3.63, 3.8) is 0 Å². The van der Waals surface area contributed by atoms with Crippen LogP contribution in [0.3, 0.4) is 0 Å². The van der Waals surface area contributed by atoms with E-state index in [-0.39, 0.29) is 12.1 Å². The summed E-state index contributed by atoms with van der Waals surface area (Å²) in [4.78, 5) is 19.0. The number of pyridine rings is 2. The van der Waals surface area contributed by atoms with Crippen molar-refractivity contribution < 1.29 is 0 Å². The summed E-state index contributed by atoms with van der Waals surface area (Å²) < 4.78 is 0. The maximum atomic E-state index is 4.95. The van der Waals surface area contributed by atoms with Gasteiger partial charge in [-0.05, 0) is 24.3 Å². The number of rotatable bonds is 0. The van der Waals surface area contributed by atoms with E-state index in [1.165, 1.54) is 0 Å². The minimum Gasteiger partial charge on any atom is -0.272 e. The molecule has 22 heavy (non-hydrogen) atoms. The number of benzene rings is 1. The first kappa shape index (κ1) is 11.7. The quantitative estimate of drug-likeness (QED) is 0.635. The van der Waals surface area contributed by atoms with Gasteiger partial charge in [-0.15, -0.1) is 0 Å². The Labute approximate surface area is 126 Å². The summed E-state index contributed by atoms with van der Waals surface area (Å²) in [6.07, 6.45) is 3.62. The number of hydrogen-bond donors (Lipinski definition) is 0. The van der Waals surface area contributed by atoms with Gasteiger partial charge in [-0.2, -0.15) is 0 Å². The number of fused-ring (bicyclic) bond motifs is 7. The molecule has 0 fully saturated rings. The molecule has 1 aliphatic heterocycles. The highest BCUT2D eigenvalue weighted by molar-refractivity contribution is 5.68. The zero-order valence-corrected chi connectivity index (χ0v) is 11.7. The van der Waals surface area contributed by atoms with Gasteiger partial charge < -0.3 is 0 Å². The lowest BCUT2D eigenvalue weighted by atomic mass is 9.84. The zero-order valence-electron chi connectivity index (χ0n) is 11.7. The van der Waals surface area contributed by atoms with Crippen molar-refractivity contribution in [2.75, 3.05) is 0 Å². The van der Waals surface area contributed by atoms with Crippen molar-refractivity contribution in [1.29, 1.82) is 0 Å². The highest BCUT2D eigenvalue weighted by Crippen LogP contribution is 2.46. The number of aromatic nitrogens is 2. The fourth-order valence-corrected chi connectivity index (χ4v) is 3.31. The molecule has 3 heterocycles. The molecule has 0 spiro atoms. The van der Waals surface area contributed by atoms with Crippen LogP contribution in [0.15, 0.2) is 70.9 Å². The monoisotopic (exact) mass is 284 g/mol. The van der Waals surface area contributed by atoms with E-state index < -0.39 is 0 Å². The van der Waals surface area contributed by atoms with Crippen LogP contribution in [0.4, 0.5) is 0 Å². The predicted molar refractivity (Wildman–Crippen MR) is 81.7 cm³/mol. The molecule has 3 aromatic rings. The fraction of sp³-hybridized carbons (Fsp3) is 0.111. The number of hydrogen-bond acceptors (Lipinski definition) is 4. The third-order valence-electron chi connectivity index (χ3n) is 4.28. The second-order valence-electron chi connectivity index (χ2n) is 5.52. The molecule has 0 saturated heterocycles. The average molecular weight is 284 g/mol. The summed E-state index contributed by atoms with van der Waals surface area (Å²) in [6.45, 7) is 0. The van der Waals surface area contributed by atoms with Crippen molar-refractivity contribution in [2.45, 2.75) is 12.1 Å². The Morgan fingerprint density at radius 1 is 0.591 bits per heavy atom. The van der Waals surface area contributed by atoms with Crippen molar-refractivity contribution in [1.82, 2.24) is 9.97 Å². The summed E-state index contributed by atoms with van der Waals surface area (Å²) in [6, 6.07) is 16.1. The van der Waals surface area contributed by atoms with Crippen LogP contribution in [-0.2, 0) is 0 Å². The highest BCUT2D eigenvalue weighted by Gasteiger charge is 2.35. The molecular formula is C18H12N4. The number of para-hydroxylation sites is 2. The molecule has 1 aliphatic carbocycles. The van der Waals surface area contributed by atoms with Gasteiger partial charge in [-0.3, -0.25) is 20.0 Å². The summed E-state index contributed by atoms with van der Waals surface area (Å²) >= 11 is 0. The summed E-state index contributed by atoms with van der Waals surface area (Å²) in [5.41, 5.74) is 4.07. The molecule has 2 aliphatic rings. The van der Waals surface area contributed by atoms with Crippen LogP contribution in [0.5, 0.6) is 0 Å². The van der Waals surface area contributed by atoms with E-state index in [1.54, 1.807) is 0 Å². The van der Waals surface area contributed by atoms with E-state index in [0.29, 0.717) is 0 Å². The molecule has 1 aromatic carbocycles. The van der Waals surface area contributed by atoms with Crippen LogP contribution in [0.25, 0.3) is 11.4 Å². The third kappa shape index (κ3) is 1.52. The van der Waals surface area contributed by atoms with Crippen molar-refractivity contribution in [2.24, 2.45) is 9.98 Å². The summed E-state index contributed by atoms with van der Waals surface area (Å²) in [5.74, 6) is 0. The molecule has 2 atom stereocenters. The molecule has 5 rings (SSSR count). The van der Waals surface area contributed by atoms with Crippen LogP contribution in [0.1, 0.15) is 23.2 Å². The maximum Gasteiger partial charge on any atom is 0.104 e. The van der Waals surface area contributed by atoms with Crippen LogP contribution in [-0.4, -0.2) is 9.97 Å². The smallest absolute Gasteiger partial charge is 0.104 e. The third-order valence-corrected chi connectivity index (χ3v) is 4.28. The lowest BCUT2D eigenvalue weighted by molar-refractivity contribution is 0.526. The molecule has 2 aromatic heterocycles. The lowest BCUT2D eigenvalue weighted by Crippen LogP contribution is -2.33. The zero-order chi connectivity index (χ0) is 14.5. The van der Waals surface area contributed by atoms with E-state index in [2.05, 4.69) is 22.1 Å². The molecule has 0 bridgehead atoms. The van der Waals surface area contributed by atoms with Gasteiger partial charge in [0.1, 0.15) is 12.1 Å². The summed E-state index contributed by atoms with van der Waals surface area (Å²) in [5, 5.41) is 1.90. The first-order valence-corrected chi connectivity index (χ1v) is 7.33. The first-order valence-electron chi connectivity index (χ1n) is 7.33. The van der Waals surface area contributed by atoms with Crippen LogP contribution in [0, 0.1) is 0 Å². The second kappa shape index (κ2) is 4.31. The Morgan fingerprint density at radius 2 is 1.09 bits per heavy atom. The van der Waals surface area contributed by atoms with Crippen molar-refractivity contribution in [3.05, 3.63) is 82.8 Å². The Balaban J connectivity index is 1.89. The van der Waals surface area contributed by atoms with E-state index in [0.717, 1.165) is 33.2 Å². The SMILES string of the molecule is c1cnc2c(c1)C1N=c3ccccc3=NC1c1cccnc1-2. The fourth-order valence-electron chi connectivity index (χ4n) is 3.31. The predicted octanol–water partition coefficient (Wildman–Crippen LogP) is 2.19. The molecule has 0 amide bonds. The average Bonchev–Trinajstić information content (AvgIpc) is 2.61. The molecule has 0 saturated carbocycles. The van der Waals surface area contributed by atoms with Gasteiger partial charge in [-0.1, -0.05) is 24.3 Å². The van der Waals surface area contributed by atoms with E-state index in [4.69, 9.17) is 9.98 Å². The van der Waals surface area contributed by atoms with Crippen LogP contribution >= 0.6 is 0 Å². The Morgan fingerprint density at radius 3 is 1.59 bits per heavy atom. The molecular weight excluding hydrogens is 272 g/mol. The van der Waals surface area contributed by atoms with Gasteiger partial charge in [0, 0.05) is 23.5 Å². The standard InChI is InChI=1S/C18H12N4/c1-2-8-14-13(7-1)21-17-11-5-3-9-19-15(11)16-12(18(17)22-14)6-4-10-20-16/h1-10,17-18H. The lowest BCUT2D eigenvalue weighted by Gasteiger charge is -2.30. The second-order valence-corrected chi connectivity index (χ2v) is 5.52. The van der Waals surface area contributed by atoms with Crippen LogP contribution < -0.4 is 10.7 Å². The van der Waals surface area contributed by atoms with Gasteiger partial charge in [0.15, 0.2) is 0 Å². The normalized spacial score (nSPS) is 20.5. The Hall–Kier alpha value is -2.88. The van der Waals surface area contributed by atoms with Gasteiger partial charge in [0.05, 0.1) is 22.1 Å². The summed E-state index contributed by atoms with van der Waals surface area (Å²) in [7, 11) is 0. The van der Waals surface area contributed by atoms with Gasteiger partial charge in [0.25, 0.3) is 0 Å². The van der Waals surface area contributed by atoms with Gasteiger partial charge in [-0.25, -0.2) is 0 Å². The van der Waals surface area contributed by atoms with E-state index >= 15 is 0 Å². The topological polar surface area (TPSA) is 50.5 Å². The Kier molecular flexibility index (Phi) is 2.30. The Bertz CT molecular complexity index is 927. The molecule has 4 nitrogen and oxygen atoms in total. The molecule has 0 N–H and O–H groups in total. The van der Waals surface area contributed by atoms with Crippen LogP contribution in [0.2, 0.25) is 0 Å². The molecule has 2 unspecified atom stereocenters. The minimum atomic E-state index is -0.0182. The molecule has 104 valence electrons. The van der Waals surface area contributed by atoms with Gasteiger partial charge >= 0.3 is 0 Å². The maximum absolute atomic E-state index is 4.95. The first-order chi connectivity index (χ1) is 10.9.